The van der Waals surface area contributed by atoms with E-state index in [1.54, 1.807) is 0 Å². The molecular weight excluding hydrogens is 164 g/mol. The van der Waals surface area contributed by atoms with Gasteiger partial charge in [0.25, 0.3) is 0 Å². The zero-order valence-electron chi connectivity index (χ0n) is 8.93. The van der Waals surface area contributed by atoms with Crippen LogP contribution in [0.15, 0.2) is 0 Å². The van der Waals surface area contributed by atoms with Crippen molar-refractivity contribution in [2.24, 2.45) is 5.92 Å². The predicted molar refractivity (Wildman–Crippen MR) is 52.7 cm³/mol. The van der Waals surface area contributed by atoms with Crippen LogP contribution in [0.25, 0.3) is 0 Å². The van der Waals surface area contributed by atoms with E-state index >= 15 is 0 Å². The van der Waals surface area contributed by atoms with Crippen LogP contribution in [0.5, 0.6) is 0 Å². The molecule has 0 spiro atoms. The fourth-order valence-corrected chi connectivity index (χ4v) is 1.68. The van der Waals surface area contributed by atoms with Gasteiger partial charge < -0.3 is 4.74 Å². The molecule has 0 aromatic carbocycles. The fourth-order valence-electron chi connectivity index (χ4n) is 1.68. The summed E-state index contributed by atoms with van der Waals surface area (Å²) in [6.45, 7) is 6.93. The normalized spacial score (nSPS) is 30.4. The number of ketones is 1. The van der Waals surface area contributed by atoms with Crippen molar-refractivity contribution in [1.82, 2.24) is 0 Å². The van der Waals surface area contributed by atoms with Crippen LogP contribution >= 0.6 is 0 Å². The van der Waals surface area contributed by atoms with Crippen molar-refractivity contribution in [3.05, 3.63) is 0 Å². The summed E-state index contributed by atoms with van der Waals surface area (Å²) in [6.07, 6.45) is 3.68. The Balaban J connectivity index is 2.46. The van der Waals surface area contributed by atoms with Crippen LogP contribution in [-0.2, 0) is 9.53 Å². The van der Waals surface area contributed by atoms with Gasteiger partial charge in [0.15, 0.2) is 5.78 Å². The number of Topliss-reactive ketones (excluding diaryl/α,β-unsaturated/α-hetero) is 1. The maximum absolute atomic E-state index is 11.8. The molecule has 13 heavy (non-hydrogen) atoms. The lowest BCUT2D eigenvalue weighted by atomic mass is 9.90. The largest absolute Gasteiger partial charge is 0.368 e. The van der Waals surface area contributed by atoms with Gasteiger partial charge in [-0.1, -0.05) is 20.3 Å². The molecule has 2 atom stereocenters. The Hall–Kier alpha value is -0.370. The van der Waals surface area contributed by atoms with Crippen LogP contribution in [0.1, 0.15) is 46.5 Å². The molecule has 0 aromatic heterocycles. The Morgan fingerprint density at radius 3 is 2.77 bits per heavy atom. The summed E-state index contributed by atoms with van der Waals surface area (Å²) in [5.41, 5.74) is -0.455. The molecule has 2 nitrogen and oxygen atoms in total. The Morgan fingerprint density at radius 1 is 1.62 bits per heavy atom. The minimum Gasteiger partial charge on any atom is -0.368 e. The Labute approximate surface area is 80.7 Å². The van der Waals surface area contributed by atoms with Crippen molar-refractivity contribution >= 4 is 5.78 Å². The molecule has 1 heterocycles. The van der Waals surface area contributed by atoms with Crippen LogP contribution in [0.4, 0.5) is 0 Å². The van der Waals surface area contributed by atoms with Crippen molar-refractivity contribution in [2.45, 2.75) is 52.1 Å². The molecule has 0 N–H and O–H groups in total. The highest BCUT2D eigenvalue weighted by Crippen LogP contribution is 2.28. The van der Waals surface area contributed by atoms with Gasteiger partial charge in [0.05, 0.1) is 0 Å². The van der Waals surface area contributed by atoms with E-state index in [2.05, 4.69) is 13.8 Å². The average Bonchev–Trinajstić information content (AvgIpc) is 2.53. The highest BCUT2D eigenvalue weighted by molar-refractivity contribution is 5.87. The van der Waals surface area contributed by atoms with E-state index < -0.39 is 5.60 Å². The van der Waals surface area contributed by atoms with Gasteiger partial charge in [-0.05, 0) is 25.7 Å². The first-order valence-corrected chi connectivity index (χ1v) is 5.25. The standard InChI is InChI=1S/C11H20O2/c1-4-9(2)8-10(12)11(3)6-5-7-13-11/h9H,4-8H2,1-3H3. The fraction of sp³-hybridized carbons (Fsp3) is 0.909. The predicted octanol–water partition coefficient (Wildman–Crippen LogP) is 2.56. The quantitative estimate of drug-likeness (QED) is 0.671. The van der Waals surface area contributed by atoms with Crippen LogP contribution in [0.3, 0.4) is 0 Å². The second kappa shape index (κ2) is 4.23. The lowest BCUT2D eigenvalue weighted by Crippen LogP contribution is -2.35. The molecule has 1 rings (SSSR count). The summed E-state index contributed by atoms with van der Waals surface area (Å²) in [4.78, 5) is 11.8. The Bertz CT molecular complexity index is 181. The Kier molecular flexibility index (Phi) is 3.48. The first-order valence-electron chi connectivity index (χ1n) is 5.25. The SMILES string of the molecule is CCC(C)CC(=O)C1(C)CCCO1. The highest BCUT2D eigenvalue weighted by Gasteiger charge is 2.37. The maximum Gasteiger partial charge on any atom is 0.164 e. The van der Waals surface area contributed by atoms with Crippen molar-refractivity contribution < 1.29 is 9.53 Å². The van der Waals surface area contributed by atoms with E-state index in [0.29, 0.717) is 18.1 Å². The smallest absolute Gasteiger partial charge is 0.164 e. The number of rotatable bonds is 4. The van der Waals surface area contributed by atoms with Gasteiger partial charge in [-0.3, -0.25) is 4.79 Å². The van der Waals surface area contributed by atoms with Crippen LogP contribution < -0.4 is 0 Å². The third-order valence-corrected chi connectivity index (χ3v) is 3.04. The van der Waals surface area contributed by atoms with E-state index in [1.165, 1.54) is 0 Å². The number of hydrogen-bond donors (Lipinski definition) is 0. The molecule has 0 amide bonds. The number of carbonyl (C=O) groups excluding carboxylic acids is 1. The molecule has 76 valence electrons. The third kappa shape index (κ3) is 2.53. The van der Waals surface area contributed by atoms with Crippen LogP contribution in [-0.4, -0.2) is 18.0 Å². The Morgan fingerprint density at radius 2 is 2.31 bits per heavy atom. The minimum atomic E-state index is -0.455. The van der Waals surface area contributed by atoms with Gasteiger partial charge in [-0.2, -0.15) is 0 Å². The molecule has 2 unspecified atom stereocenters. The van der Waals surface area contributed by atoms with E-state index in [-0.39, 0.29) is 0 Å². The second-order valence-electron chi connectivity index (χ2n) is 4.32. The second-order valence-corrected chi connectivity index (χ2v) is 4.32. The summed E-state index contributed by atoms with van der Waals surface area (Å²) < 4.78 is 5.50. The lowest BCUT2D eigenvalue weighted by molar-refractivity contribution is -0.138. The summed E-state index contributed by atoms with van der Waals surface area (Å²) in [5, 5.41) is 0. The van der Waals surface area contributed by atoms with E-state index in [1.807, 2.05) is 6.92 Å². The van der Waals surface area contributed by atoms with Gasteiger partial charge in [0.2, 0.25) is 0 Å². The highest BCUT2D eigenvalue weighted by atomic mass is 16.5. The van der Waals surface area contributed by atoms with Crippen molar-refractivity contribution in [1.29, 1.82) is 0 Å². The van der Waals surface area contributed by atoms with Crippen molar-refractivity contribution in [3.63, 3.8) is 0 Å². The maximum atomic E-state index is 11.8. The van der Waals surface area contributed by atoms with Gasteiger partial charge in [0.1, 0.15) is 5.60 Å². The zero-order chi connectivity index (χ0) is 9.90. The average molecular weight is 184 g/mol. The van der Waals surface area contributed by atoms with E-state index in [4.69, 9.17) is 4.74 Å². The zero-order valence-corrected chi connectivity index (χ0v) is 8.93. The van der Waals surface area contributed by atoms with Crippen LogP contribution in [0, 0.1) is 5.92 Å². The molecule has 2 heteroatoms. The van der Waals surface area contributed by atoms with Crippen LogP contribution in [0.2, 0.25) is 0 Å². The number of carbonyl (C=O) groups is 1. The van der Waals surface area contributed by atoms with Crippen molar-refractivity contribution in [2.75, 3.05) is 6.61 Å². The number of ether oxygens (including phenoxy) is 1. The molecule has 1 aliphatic heterocycles. The minimum absolute atomic E-state index is 0.291. The first kappa shape index (κ1) is 10.7. The first-order chi connectivity index (χ1) is 6.08. The molecule has 1 aliphatic rings. The molecule has 0 bridgehead atoms. The molecule has 0 aromatic rings. The molecule has 0 radical (unpaired) electrons. The molecule has 1 saturated heterocycles. The van der Waals surface area contributed by atoms with E-state index in [9.17, 15) is 4.79 Å². The summed E-state index contributed by atoms with van der Waals surface area (Å²) in [6, 6.07) is 0. The molecule has 0 aliphatic carbocycles. The van der Waals surface area contributed by atoms with Gasteiger partial charge in [0, 0.05) is 13.0 Å². The van der Waals surface area contributed by atoms with Gasteiger partial charge in [-0.25, -0.2) is 0 Å². The molecule has 0 saturated carbocycles. The topological polar surface area (TPSA) is 26.3 Å². The third-order valence-electron chi connectivity index (χ3n) is 3.04. The molecule has 1 fully saturated rings. The van der Waals surface area contributed by atoms with Gasteiger partial charge in [-0.15, -0.1) is 0 Å². The summed E-state index contributed by atoms with van der Waals surface area (Å²) >= 11 is 0. The van der Waals surface area contributed by atoms with Crippen molar-refractivity contribution in [3.8, 4) is 0 Å². The van der Waals surface area contributed by atoms with E-state index in [0.717, 1.165) is 25.9 Å². The van der Waals surface area contributed by atoms with Gasteiger partial charge >= 0.3 is 0 Å². The lowest BCUT2D eigenvalue weighted by Gasteiger charge is -2.22. The molecular formula is C11H20O2. The summed E-state index contributed by atoms with van der Waals surface area (Å²) in [7, 11) is 0. The monoisotopic (exact) mass is 184 g/mol. The summed E-state index contributed by atoms with van der Waals surface area (Å²) in [5.74, 6) is 0.785. The number of hydrogen-bond acceptors (Lipinski definition) is 2.